The van der Waals surface area contributed by atoms with Gasteiger partial charge >= 0.3 is 0 Å². The topological polar surface area (TPSA) is 55.1 Å². The Morgan fingerprint density at radius 1 is 1.39 bits per heavy atom. The summed E-state index contributed by atoms with van der Waals surface area (Å²) in [5, 5.41) is 2.56. The summed E-state index contributed by atoms with van der Waals surface area (Å²) in [5.41, 5.74) is 5.44. The molecule has 0 aliphatic carbocycles. The number of hydrogen-bond donors (Lipinski definition) is 2. The summed E-state index contributed by atoms with van der Waals surface area (Å²) in [6, 6.07) is 3.48. The number of rotatable bonds is 5. The Labute approximate surface area is 111 Å². The van der Waals surface area contributed by atoms with Gasteiger partial charge in [-0.05, 0) is 25.5 Å². The van der Waals surface area contributed by atoms with Crippen molar-refractivity contribution in [2.24, 2.45) is 5.73 Å². The minimum absolute atomic E-state index is 0. The van der Waals surface area contributed by atoms with Crippen molar-refractivity contribution in [1.29, 1.82) is 0 Å². The van der Waals surface area contributed by atoms with Crippen LogP contribution in [0.15, 0.2) is 18.2 Å². The van der Waals surface area contributed by atoms with Gasteiger partial charge in [-0.2, -0.15) is 0 Å². The normalized spacial score (nSPS) is 11.6. The molecule has 1 aromatic carbocycles. The van der Waals surface area contributed by atoms with Crippen molar-refractivity contribution in [3.63, 3.8) is 0 Å². The molecule has 1 rings (SSSR count). The largest absolute Gasteiger partial charge is 0.356 e. The molecule has 1 amide bonds. The second-order valence-corrected chi connectivity index (χ2v) is 3.98. The molecule has 0 spiro atoms. The van der Waals surface area contributed by atoms with Crippen LogP contribution in [-0.2, 0) is 11.2 Å². The molecule has 0 fully saturated rings. The number of carbonyl (C=O) groups excluding carboxylic acids is 1. The summed E-state index contributed by atoms with van der Waals surface area (Å²) in [7, 11) is 0. The molecule has 3 nitrogen and oxygen atoms in total. The first kappa shape index (κ1) is 16.8. The van der Waals surface area contributed by atoms with Gasteiger partial charge in [0.1, 0.15) is 11.6 Å². The van der Waals surface area contributed by atoms with Crippen molar-refractivity contribution in [2.45, 2.75) is 25.8 Å². The van der Waals surface area contributed by atoms with E-state index in [2.05, 4.69) is 5.32 Å². The van der Waals surface area contributed by atoms with Crippen LogP contribution in [0.3, 0.4) is 0 Å². The third-order valence-corrected chi connectivity index (χ3v) is 2.27. The molecule has 0 saturated heterocycles. The van der Waals surface area contributed by atoms with Crippen LogP contribution >= 0.6 is 12.4 Å². The fourth-order valence-electron chi connectivity index (χ4n) is 1.46. The highest BCUT2D eigenvalue weighted by atomic mass is 35.5. The lowest BCUT2D eigenvalue weighted by Gasteiger charge is -2.08. The van der Waals surface area contributed by atoms with E-state index < -0.39 is 11.6 Å². The molecular weight excluding hydrogens is 262 g/mol. The Hall–Kier alpha value is -1.20. The van der Waals surface area contributed by atoms with E-state index >= 15 is 0 Å². The summed E-state index contributed by atoms with van der Waals surface area (Å²) < 4.78 is 26.4. The van der Waals surface area contributed by atoms with Crippen LogP contribution in [0.1, 0.15) is 18.9 Å². The summed E-state index contributed by atoms with van der Waals surface area (Å²) in [4.78, 5) is 11.2. The molecule has 0 aliphatic heterocycles. The van der Waals surface area contributed by atoms with E-state index in [4.69, 9.17) is 5.73 Å². The number of amides is 1. The van der Waals surface area contributed by atoms with Gasteiger partial charge in [-0.3, -0.25) is 4.79 Å². The molecule has 3 N–H and O–H groups in total. The van der Waals surface area contributed by atoms with Gasteiger partial charge in [-0.25, -0.2) is 8.78 Å². The molecule has 1 aromatic rings. The molecule has 6 heteroatoms. The Kier molecular flexibility index (Phi) is 7.47. The van der Waals surface area contributed by atoms with E-state index in [-0.39, 0.29) is 49.3 Å². The van der Waals surface area contributed by atoms with Gasteiger partial charge in [0.2, 0.25) is 5.91 Å². The molecule has 102 valence electrons. The predicted octanol–water partition coefficient (Wildman–Crippen LogP) is 1.78. The standard InChI is InChI=1S/C12H16F2N2O.ClH/c1-8(15)7-12(17)16-6-5-9-10(13)3-2-4-11(9)14;/h2-4,8H,5-7,15H2,1H3,(H,16,17);1H. The van der Waals surface area contributed by atoms with E-state index in [1.165, 1.54) is 18.2 Å². The quantitative estimate of drug-likeness (QED) is 0.863. The molecular formula is C12H17ClF2N2O. The van der Waals surface area contributed by atoms with E-state index in [1.54, 1.807) is 6.92 Å². The first-order valence-electron chi connectivity index (χ1n) is 5.46. The summed E-state index contributed by atoms with van der Waals surface area (Å²) in [6.45, 7) is 1.92. The third-order valence-electron chi connectivity index (χ3n) is 2.27. The van der Waals surface area contributed by atoms with Gasteiger partial charge < -0.3 is 11.1 Å². The number of nitrogens with two attached hydrogens (primary N) is 1. The molecule has 0 heterocycles. The molecule has 18 heavy (non-hydrogen) atoms. The van der Waals surface area contributed by atoms with Crippen LogP contribution in [0.2, 0.25) is 0 Å². The summed E-state index contributed by atoms with van der Waals surface area (Å²) in [5.74, 6) is -1.39. The number of nitrogens with one attached hydrogen (secondary N) is 1. The van der Waals surface area contributed by atoms with Crippen LogP contribution in [0.25, 0.3) is 0 Å². The van der Waals surface area contributed by atoms with Crippen LogP contribution in [-0.4, -0.2) is 18.5 Å². The zero-order valence-corrected chi connectivity index (χ0v) is 10.9. The van der Waals surface area contributed by atoms with Crippen LogP contribution in [0, 0.1) is 11.6 Å². The van der Waals surface area contributed by atoms with Crippen molar-refractivity contribution in [2.75, 3.05) is 6.54 Å². The predicted molar refractivity (Wildman–Crippen MR) is 68.6 cm³/mol. The molecule has 0 saturated carbocycles. The van der Waals surface area contributed by atoms with Crippen LogP contribution in [0.4, 0.5) is 8.78 Å². The van der Waals surface area contributed by atoms with Gasteiger partial charge in [0.15, 0.2) is 0 Å². The zero-order chi connectivity index (χ0) is 12.8. The highest BCUT2D eigenvalue weighted by molar-refractivity contribution is 5.85. The van der Waals surface area contributed by atoms with Gasteiger partial charge in [0.25, 0.3) is 0 Å². The molecule has 0 aliphatic rings. The van der Waals surface area contributed by atoms with E-state index in [9.17, 15) is 13.6 Å². The minimum Gasteiger partial charge on any atom is -0.356 e. The summed E-state index contributed by atoms with van der Waals surface area (Å²) >= 11 is 0. The molecule has 0 radical (unpaired) electrons. The van der Waals surface area contributed by atoms with Gasteiger partial charge in [-0.1, -0.05) is 6.07 Å². The maximum Gasteiger partial charge on any atom is 0.221 e. The van der Waals surface area contributed by atoms with Crippen molar-refractivity contribution >= 4 is 18.3 Å². The lowest BCUT2D eigenvalue weighted by Crippen LogP contribution is -2.31. The number of hydrogen-bond acceptors (Lipinski definition) is 2. The highest BCUT2D eigenvalue weighted by Gasteiger charge is 2.09. The van der Waals surface area contributed by atoms with Crippen molar-refractivity contribution in [3.05, 3.63) is 35.4 Å². The molecule has 0 aromatic heterocycles. The molecule has 1 atom stereocenters. The van der Waals surface area contributed by atoms with E-state index in [1.807, 2.05) is 0 Å². The molecule has 0 bridgehead atoms. The smallest absolute Gasteiger partial charge is 0.221 e. The van der Waals surface area contributed by atoms with Crippen molar-refractivity contribution in [3.8, 4) is 0 Å². The average molecular weight is 279 g/mol. The van der Waals surface area contributed by atoms with Crippen molar-refractivity contribution < 1.29 is 13.6 Å². The van der Waals surface area contributed by atoms with Gasteiger partial charge in [0.05, 0.1) is 0 Å². The number of carbonyl (C=O) groups is 1. The Morgan fingerprint density at radius 2 is 1.94 bits per heavy atom. The van der Waals surface area contributed by atoms with Gasteiger partial charge in [-0.15, -0.1) is 12.4 Å². The van der Waals surface area contributed by atoms with Crippen LogP contribution in [0.5, 0.6) is 0 Å². The first-order valence-corrected chi connectivity index (χ1v) is 5.46. The lowest BCUT2D eigenvalue weighted by atomic mass is 10.1. The Bertz CT molecular complexity index is 379. The number of benzene rings is 1. The number of halogens is 3. The highest BCUT2D eigenvalue weighted by Crippen LogP contribution is 2.11. The van der Waals surface area contributed by atoms with Gasteiger partial charge in [0, 0.05) is 24.6 Å². The summed E-state index contributed by atoms with van der Waals surface area (Å²) in [6.07, 6.45) is 0.336. The van der Waals surface area contributed by atoms with E-state index in [0.717, 1.165) is 0 Å². The van der Waals surface area contributed by atoms with Crippen molar-refractivity contribution in [1.82, 2.24) is 5.32 Å². The van der Waals surface area contributed by atoms with E-state index in [0.29, 0.717) is 0 Å². The Morgan fingerprint density at radius 3 is 2.44 bits per heavy atom. The minimum atomic E-state index is -0.591. The first-order chi connectivity index (χ1) is 8.00. The lowest BCUT2D eigenvalue weighted by molar-refractivity contribution is -0.121. The third kappa shape index (κ3) is 5.42. The van der Waals surface area contributed by atoms with Crippen LogP contribution < -0.4 is 11.1 Å². The SMILES string of the molecule is CC(N)CC(=O)NCCc1c(F)cccc1F.Cl. The average Bonchev–Trinajstić information content (AvgIpc) is 2.21. The zero-order valence-electron chi connectivity index (χ0n) is 10.1. The monoisotopic (exact) mass is 278 g/mol. The second kappa shape index (κ2) is 8.00. The maximum absolute atomic E-state index is 13.2. The molecule has 1 unspecified atom stereocenters. The maximum atomic E-state index is 13.2. The Balaban J connectivity index is 0.00000289. The fourth-order valence-corrected chi connectivity index (χ4v) is 1.46. The fraction of sp³-hybridized carbons (Fsp3) is 0.417. The second-order valence-electron chi connectivity index (χ2n) is 3.98.